The van der Waals surface area contributed by atoms with Crippen molar-refractivity contribution < 1.29 is 9.53 Å². The van der Waals surface area contributed by atoms with Gasteiger partial charge in [-0.25, -0.2) is 4.98 Å². The molecule has 0 saturated carbocycles. The molecule has 6 nitrogen and oxygen atoms in total. The maximum absolute atomic E-state index is 13.2. The van der Waals surface area contributed by atoms with Crippen molar-refractivity contribution in [3.8, 4) is 5.75 Å². The summed E-state index contributed by atoms with van der Waals surface area (Å²) in [7, 11) is 3.55. The Hall–Kier alpha value is -2.50. The summed E-state index contributed by atoms with van der Waals surface area (Å²) in [5, 5.41) is 0. The molecule has 1 aromatic heterocycles. The smallest absolute Gasteiger partial charge is 0.275 e. The van der Waals surface area contributed by atoms with Crippen LogP contribution in [-0.2, 0) is 13.0 Å². The zero-order valence-corrected chi connectivity index (χ0v) is 18.4. The van der Waals surface area contributed by atoms with Crippen molar-refractivity contribution >= 4 is 11.7 Å². The molecule has 0 bridgehead atoms. The average molecular weight is 399 g/mol. The van der Waals surface area contributed by atoms with Gasteiger partial charge in [-0.05, 0) is 30.5 Å². The fourth-order valence-corrected chi connectivity index (χ4v) is 4.24. The number of benzene rings is 1. The van der Waals surface area contributed by atoms with E-state index in [9.17, 15) is 4.79 Å². The first kappa shape index (κ1) is 21.2. The monoisotopic (exact) mass is 398 g/mol. The second kappa shape index (κ2) is 9.33. The van der Waals surface area contributed by atoms with E-state index in [2.05, 4.69) is 42.4 Å². The predicted molar refractivity (Wildman–Crippen MR) is 117 cm³/mol. The van der Waals surface area contributed by atoms with Crippen LogP contribution in [0.3, 0.4) is 0 Å². The number of hydrogen-bond donors (Lipinski definition) is 0. The maximum atomic E-state index is 13.2. The van der Waals surface area contributed by atoms with Crippen LogP contribution >= 0.6 is 0 Å². The summed E-state index contributed by atoms with van der Waals surface area (Å²) in [4.78, 5) is 22.2. The third kappa shape index (κ3) is 4.26. The fraction of sp³-hybridized carbons (Fsp3) is 0.565. The van der Waals surface area contributed by atoms with E-state index in [0.717, 1.165) is 55.2 Å². The largest absolute Gasteiger partial charge is 0.497 e. The minimum atomic E-state index is 0.0791. The standard InChI is InChI=1S/C23H34N4O2/c1-6-9-18(10-7-2)27-20(8-3)24-22-21(27)23(28)25(4)16-26(22)15-17-11-13-19(29-5)14-12-17/h11-14,18H,6-10,15-16H2,1-5H3. The number of aryl methyl sites for hydroxylation is 1. The van der Waals surface area contributed by atoms with Gasteiger partial charge in [0.1, 0.15) is 11.6 Å². The van der Waals surface area contributed by atoms with Gasteiger partial charge in [0.05, 0.1) is 13.8 Å². The molecule has 6 heteroatoms. The van der Waals surface area contributed by atoms with E-state index >= 15 is 0 Å². The molecule has 0 aliphatic carbocycles. The van der Waals surface area contributed by atoms with Crippen molar-refractivity contribution in [3.05, 3.63) is 41.3 Å². The Kier molecular flexibility index (Phi) is 6.83. The van der Waals surface area contributed by atoms with E-state index in [1.54, 1.807) is 12.0 Å². The molecule has 0 radical (unpaired) electrons. The first-order valence-electron chi connectivity index (χ1n) is 10.8. The highest BCUT2D eigenvalue weighted by molar-refractivity contribution is 5.99. The molecule has 158 valence electrons. The van der Waals surface area contributed by atoms with Gasteiger partial charge in [-0.15, -0.1) is 0 Å². The predicted octanol–water partition coefficient (Wildman–Crippen LogP) is 4.65. The Balaban J connectivity index is 2.02. The van der Waals surface area contributed by atoms with Gasteiger partial charge >= 0.3 is 0 Å². The molecular weight excluding hydrogens is 364 g/mol. The number of carbonyl (C=O) groups excluding carboxylic acids is 1. The lowest BCUT2D eigenvalue weighted by atomic mass is 10.1. The summed E-state index contributed by atoms with van der Waals surface area (Å²) in [5.74, 6) is 2.78. The molecule has 29 heavy (non-hydrogen) atoms. The molecule has 0 unspecified atom stereocenters. The molecular formula is C23H34N4O2. The van der Waals surface area contributed by atoms with Gasteiger partial charge in [-0.3, -0.25) is 4.79 Å². The van der Waals surface area contributed by atoms with Crippen molar-refractivity contribution in [1.29, 1.82) is 0 Å². The summed E-state index contributed by atoms with van der Waals surface area (Å²) in [6, 6.07) is 8.43. The maximum Gasteiger partial charge on any atom is 0.275 e. The molecule has 1 aliphatic rings. The number of aromatic nitrogens is 2. The van der Waals surface area contributed by atoms with Crippen molar-refractivity contribution in [3.63, 3.8) is 0 Å². The van der Waals surface area contributed by atoms with E-state index in [4.69, 9.17) is 9.72 Å². The molecule has 0 saturated heterocycles. The van der Waals surface area contributed by atoms with Crippen LogP contribution in [0, 0.1) is 0 Å². The number of hydrogen-bond acceptors (Lipinski definition) is 4. The number of imidazole rings is 1. The second-order valence-electron chi connectivity index (χ2n) is 7.85. The van der Waals surface area contributed by atoms with Crippen LogP contribution in [0.4, 0.5) is 5.82 Å². The molecule has 0 N–H and O–H groups in total. The van der Waals surface area contributed by atoms with Crippen LogP contribution in [0.15, 0.2) is 24.3 Å². The fourth-order valence-electron chi connectivity index (χ4n) is 4.24. The number of amides is 1. The highest BCUT2D eigenvalue weighted by Crippen LogP contribution is 2.34. The molecule has 2 aromatic rings. The lowest BCUT2D eigenvalue weighted by Gasteiger charge is -2.35. The Bertz CT molecular complexity index is 822. The zero-order chi connectivity index (χ0) is 21.0. The van der Waals surface area contributed by atoms with Crippen molar-refractivity contribution in [1.82, 2.24) is 14.5 Å². The van der Waals surface area contributed by atoms with Crippen LogP contribution in [0.5, 0.6) is 5.75 Å². The highest BCUT2D eigenvalue weighted by Gasteiger charge is 2.35. The SMILES string of the molecule is CCCC(CCC)n1c(CC)nc2c1C(=O)N(C)CN2Cc1ccc(OC)cc1. The first-order chi connectivity index (χ1) is 14.0. The lowest BCUT2D eigenvalue weighted by molar-refractivity contribution is 0.0766. The van der Waals surface area contributed by atoms with Gasteiger partial charge in [0, 0.05) is 26.1 Å². The van der Waals surface area contributed by atoms with Gasteiger partial charge in [-0.2, -0.15) is 0 Å². The number of fused-ring (bicyclic) bond motifs is 1. The van der Waals surface area contributed by atoms with Gasteiger partial charge in [-0.1, -0.05) is 45.7 Å². The number of anilines is 1. The molecule has 2 heterocycles. The summed E-state index contributed by atoms with van der Waals surface area (Å²) >= 11 is 0. The van der Waals surface area contributed by atoms with E-state index in [1.807, 2.05) is 19.2 Å². The van der Waals surface area contributed by atoms with Gasteiger partial charge < -0.3 is 19.1 Å². The number of carbonyl (C=O) groups is 1. The minimum absolute atomic E-state index is 0.0791. The molecule has 0 fully saturated rings. The summed E-state index contributed by atoms with van der Waals surface area (Å²) in [6.45, 7) is 7.80. The van der Waals surface area contributed by atoms with Crippen molar-refractivity contribution in [2.75, 3.05) is 25.7 Å². The van der Waals surface area contributed by atoms with Crippen molar-refractivity contribution in [2.45, 2.75) is 65.5 Å². The third-order valence-electron chi connectivity index (χ3n) is 5.66. The van der Waals surface area contributed by atoms with Crippen LogP contribution in [0.2, 0.25) is 0 Å². The second-order valence-corrected chi connectivity index (χ2v) is 7.85. The first-order valence-corrected chi connectivity index (χ1v) is 10.8. The number of ether oxygens (including phenoxy) is 1. The molecule has 0 atom stereocenters. The number of rotatable bonds is 9. The number of methoxy groups -OCH3 is 1. The highest BCUT2D eigenvalue weighted by atomic mass is 16.5. The van der Waals surface area contributed by atoms with Gasteiger partial charge in [0.25, 0.3) is 5.91 Å². The molecule has 1 amide bonds. The van der Waals surface area contributed by atoms with E-state index in [1.165, 1.54) is 5.56 Å². The summed E-state index contributed by atoms with van der Waals surface area (Å²) in [5.41, 5.74) is 1.93. The molecule has 0 spiro atoms. The van der Waals surface area contributed by atoms with Gasteiger partial charge in [0.2, 0.25) is 0 Å². The van der Waals surface area contributed by atoms with Gasteiger partial charge in [0.15, 0.2) is 11.5 Å². The van der Waals surface area contributed by atoms with Crippen LogP contribution in [0.1, 0.15) is 74.4 Å². The number of nitrogens with zero attached hydrogens (tertiary/aromatic N) is 4. The van der Waals surface area contributed by atoms with E-state index < -0.39 is 0 Å². The summed E-state index contributed by atoms with van der Waals surface area (Å²) in [6.07, 6.45) is 5.16. The van der Waals surface area contributed by atoms with Crippen LogP contribution in [0.25, 0.3) is 0 Å². The van der Waals surface area contributed by atoms with Crippen LogP contribution in [-0.4, -0.2) is 41.2 Å². The summed E-state index contributed by atoms with van der Waals surface area (Å²) < 4.78 is 7.52. The van der Waals surface area contributed by atoms with E-state index in [-0.39, 0.29) is 5.91 Å². The topological polar surface area (TPSA) is 50.6 Å². The lowest BCUT2D eigenvalue weighted by Crippen LogP contribution is -2.45. The molecule has 3 rings (SSSR count). The zero-order valence-electron chi connectivity index (χ0n) is 18.4. The van der Waals surface area contributed by atoms with E-state index in [0.29, 0.717) is 19.3 Å². The van der Waals surface area contributed by atoms with Crippen molar-refractivity contribution in [2.24, 2.45) is 0 Å². The normalized spacial score (nSPS) is 13.9. The average Bonchev–Trinajstić information content (AvgIpc) is 3.12. The Labute approximate surface area is 174 Å². The Morgan fingerprint density at radius 1 is 1.10 bits per heavy atom. The molecule has 1 aliphatic heterocycles. The minimum Gasteiger partial charge on any atom is -0.497 e. The third-order valence-corrected chi connectivity index (χ3v) is 5.66. The quantitative estimate of drug-likeness (QED) is 0.617. The molecule has 1 aromatic carbocycles. The van der Waals surface area contributed by atoms with Crippen LogP contribution < -0.4 is 9.64 Å². The Morgan fingerprint density at radius 3 is 2.31 bits per heavy atom. The Morgan fingerprint density at radius 2 is 1.76 bits per heavy atom.